The molecular weight excluding hydrogens is 532 g/mol. The van der Waals surface area contributed by atoms with Crippen LogP contribution in [0.1, 0.15) is 27.7 Å². The maximum absolute atomic E-state index is 12.2. The van der Waals surface area contributed by atoms with E-state index in [9.17, 15) is 39.0 Å². The third-order valence-electron chi connectivity index (χ3n) is 5.73. The van der Waals surface area contributed by atoms with E-state index in [0.29, 0.717) is 0 Å². The Morgan fingerprint density at radius 3 is 1.41 bits per heavy atom. The summed E-state index contributed by atoms with van der Waals surface area (Å²) < 4.78 is 37.9. The first-order valence-electron chi connectivity index (χ1n) is 11.6. The van der Waals surface area contributed by atoms with Crippen LogP contribution in [0.15, 0.2) is 0 Å². The minimum atomic E-state index is -1.92. The highest BCUT2D eigenvalue weighted by Crippen LogP contribution is 2.33. The van der Waals surface area contributed by atoms with Crippen LogP contribution < -0.4 is 10.6 Å². The molecular formula is C22H32N2O15. The Kier molecular flexibility index (Phi) is 11.1. The van der Waals surface area contributed by atoms with Gasteiger partial charge in [0.2, 0.25) is 11.8 Å². The summed E-state index contributed by atoms with van der Waals surface area (Å²) in [5, 5.41) is 24.5. The topological polar surface area (TPSA) is 232 Å². The SMILES string of the molecule is CO[C@H]1O[C@H](C(=O)O)[C@H](O[C@H]2O[C@H](C(=O)O)[C@H](OC)[C@H](OC(C)=O)[C@H]2NC(C)=O)[C@H](OC(C)=O)[C@H]1NC(C)=O. The highest BCUT2D eigenvalue weighted by atomic mass is 16.7. The molecule has 2 rings (SSSR count). The monoisotopic (exact) mass is 564 g/mol. The summed E-state index contributed by atoms with van der Waals surface area (Å²) in [5.74, 6) is -6.22. The highest BCUT2D eigenvalue weighted by Gasteiger charge is 2.57. The predicted octanol–water partition coefficient (Wildman–Crippen LogP) is -2.48. The molecule has 17 heteroatoms. The molecule has 39 heavy (non-hydrogen) atoms. The molecule has 2 saturated heterocycles. The fourth-order valence-corrected chi connectivity index (χ4v) is 4.39. The number of methoxy groups -OCH3 is 2. The Balaban J connectivity index is 2.63. The van der Waals surface area contributed by atoms with Crippen molar-refractivity contribution >= 4 is 35.7 Å². The van der Waals surface area contributed by atoms with Gasteiger partial charge in [0.25, 0.3) is 0 Å². The molecule has 2 aliphatic rings. The molecule has 220 valence electrons. The fourth-order valence-electron chi connectivity index (χ4n) is 4.39. The molecule has 2 fully saturated rings. The number of carboxylic acid groups (broad SMARTS) is 2. The molecule has 0 aromatic rings. The van der Waals surface area contributed by atoms with E-state index >= 15 is 0 Å². The second-order valence-electron chi connectivity index (χ2n) is 8.66. The number of ether oxygens (including phenoxy) is 7. The standard InChI is InChI=1S/C22H32N2O15/c1-7(25)23-11-14(36-10(4)28)16(18(20(31)32)38-21(11)34-6)37-22-12(24-8(2)26)13(35-9(3)27)15(33-5)17(39-22)19(29)30/h11-18,21-22H,1-6H3,(H,23,25)(H,24,26)(H,29,30)(H,31,32)/t11-,12-,13-,14-,15-,16-,17+,18+,21+,22+/m1/s1. The molecule has 0 aromatic carbocycles. The Bertz CT molecular complexity index is 958. The summed E-state index contributed by atoms with van der Waals surface area (Å²) >= 11 is 0. The van der Waals surface area contributed by atoms with Gasteiger partial charge in [-0.15, -0.1) is 0 Å². The van der Waals surface area contributed by atoms with Crippen LogP contribution >= 0.6 is 0 Å². The second-order valence-corrected chi connectivity index (χ2v) is 8.66. The van der Waals surface area contributed by atoms with Crippen LogP contribution in [0.5, 0.6) is 0 Å². The van der Waals surface area contributed by atoms with E-state index in [2.05, 4.69) is 10.6 Å². The summed E-state index contributed by atoms with van der Waals surface area (Å²) in [4.78, 5) is 72.0. The Morgan fingerprint density at radius 2 is 1.03 bits per heavy atom. The van der Waals surface area contributed by atoms with Gasteiger partial charge in [-0.3, -0.25) is 19.2 Å². The van der Waals surface area contributed by atoms with Crippen molar-refractivity contribution in [2.45, 2.75) is 89.0 Å². The molecule has 0 spiro atoms. The molecule has 4 N–H and O–H groups in total. The zero-order chi connectivity index (χ0) is 29.6. The van der Waals surface area contributed by atoms with Gasteiger partial charge in [-0.2, -0.15) is 0 Å². The van der Waals surface area contributed by atoms with E-state index in [-0.39, 0.29) is 0 Å². The quantitative estimate of drug-likeness (QED) is 0.201. The molecule has 0 bridgehead atoms. The maximum atomic E-state index is 12.2. The van der Waals surface area contributed by atoms with Gasteiger partial charge in [0.05, 0.1) is 0 Å². The first kappa shape index (κ1) is 31.8. The number of carbonyl (C=O) groups is 6. The van der Waals surface area contributed by atoms with Crippen molar-refractivity contribution in [3.63, 3.8) is 0 Å². The number of hydrogen-bond donors (Lipinski definition) is 4. The van der Waals surface area contributed by atoms with Crippen LogP contribution in [0.4, 0.5) is 0 Å². The first-order valence-corrected chi connectivity index (χ1v) is 11.6. The largest absolute Gasteiger partial charge is 0.479 e. The van der Waals surface area contributed by atoms with Crippen LogP contribution in [0.25, 0.3) is 0 Å². The van der Waals surface area contributed by atoms with E-state index in [1.165, 1.54) is 0 Å². The van der Waals surface area contributed by atoms with Gasteiger partial charge in [0.15, 0.2) is 37.0 Å². The van der Waals surface area contributed by atoms with Crippen LogP contribution in [0.2, 0.25) is 0 Å². The molecule has 0 unspecified atom stereocenters. The zero-order valence-electron chi connectivity index (χ0n) is 22.0. The third kappa shape index (κ3) is 7.82. The van der Waals surface area contributed by atoms with Crippen molar-refractivity contribution in [2.75, 3.05) is 14.2 Å². The summed E-state index contributed by atoms with van der Waals surface area (Å²) in [6, 6.07) is -2.75. The number of nitrogens with one attached hydrogen (secondary N) is 2. The van der Waals surface area contributed by atoms with Gasteiger partial charge < -0.3 is 54.0 Å². The average Bonchev–Trinajstić information content (AvgIpc) is 2.81. The van der Waals surface area contributed by atoms with E-state index < -0.39 is 97.0 Å². The first-order chi connectivity index (χ1) is 18.2. The lowest BCUT2D eigenvalue weighted by molar-refractivity contribution is -0.323. The zero-order valence-corrected chi connectivity index (χ0v) is 22.0. The smallest absolute Gasteiger partial charge is 0.335 e. The van der Waals surface area contributed by atoms with Crippen molar-refractivity contribution in [1.29, 1.82) is 0 Å². The summed E-state index contributed by atoms with van der Waals surface area (Å²) in [6.07, 6.45) is -13.3. The fraction of sp³-hybridized carbons (Fsp3) is 0.727. The molecule has 17 nitrogen and oxygen atoms in total. The lowest BCUT2D eigenvalue weighted by atomic mass is 9.93. The van der Waals surface area contributed by atoms with Crippen LogP contribution in [0, 0.1) is 0 Å². The highest BCUT2D eigenvalue weighted by molar-refractivity contribution is 5.76. The number of rotatable bonds is 10. The molecule has 2 aliphatic heterocycles. The Hall–Kier alpha value is -3.38. The summed E-state index contributed by atoms with van der Waals surface area (Å²) in [7, 11) is 2.29. The molecule has 0 aromatic heterocycles. The van der Waals surface area contributed by atoms with Crippen LogP contribution in [-0.4, -0.2) is 121 Å². The van der Waals surface area contributed by atoms with Crippen molar-refractivity contribution in [3.05, 3.63) is 0 Å². The lowest BCUT2D eigenvalue weighted by Gasteiger charge is -2.48. The van der Waals surface area contributed by atoms with E-state index in [1.807, 2.05) is 0 Å². The van der Waals surface area contributed by atoms with Gasteiger partial charge >= 0.3 is 23.9 Å². The van der Waals surface area contributed by atoms with Gasteiger partial charge in [-0.1, -0.05) is 0 Å². The normalized spacial score (nSPS) is 34.3. The maximum Gasteiger partial charge on any atom is 0.335 e. The van der Waals surface area contributed by atoms with E-state index in [0.717, 1.165) is 41.9 Å². The van der Waals surface area contributed by atoms with Crippen molar-refractivity contribution < 1.29 is 72.1 Å². The average molecular weight is 564 g/mol. The minimum absolute atomic E-state index is 0.621. The van der Waals surface area contributed by atoms with Gasteiger partial charge in [0.1, 0.15) is 24.3 Å². The number of esters is 2. The van der Waals surface area contributed by atoms with E-state index in [4.69, 9.17) is 33.2 Å². The van der Waals surface area contributed by atoms with Crippen molar-refractivity contribution in [1.82, 2.24) is 10.6 Å². The third-order valence-corrected chi connectivity index (χ3v) is 5.73. The second kappa shape index (κ2) is 13.6. The van der Waals surface area contributed by atoms with Crippen LogP contribution in [-0.2, 0) is 61.9 Å². The molecule has 0 radical (unpaired) electrons. The number of carbonyl (C=O) groups excluding carboxylic acids is 4. The molecule has 10 atom stereocenters. The predicted molar refractivity (Wildman–Crippen MR) is 122 cm³/mol. The molecule has 0 aliphatic carbocycles. The molecule has 0 saturated carbocycles. The number of aliphatic carboxylic acids is 2. The lowest BCUT2D eigenvalue weighted by Crippen LogP contribution is -2.71. The van der Waals surface area contributed by atoms with Crippen LogP contribution in [0.3, 0.4) is 0 Å². The van der Waals surface area contributed by atoms with Gasteiger partial charge in [-0.05, 0) is 0 Å². The van der Waals surface area contributed by atoms with Gasteiger partial charge in [-0.25, -0.2) is 9.59 Å². The van der Waals surface area contributed by atoms with E-state index in [1.54, 1.807) is 0 Å². The number of amides is 2. The van der Waals surface area contributed by atoms with Crippen molar-refractivity contribution in [2.24, 2.45) is 0 Å². The molecule has 2 heterocycles. The minimum Gasteiger partial charge on any atom is -0.479 e. The number of hydrogen-bond acceptors (Lipinski definition) is 13. The molecule has 2 amide bonds. The summed E-state index contributed by atoms with van der Waals surface area (Å²) in [5.41, 5.74) is 0. The number of carboxylic acids is 2. The Labute approximate surface area is 222 Å². The van der Waals surface area contributed by atoms with Gasteiger partial charge in [0, 0.05) is 41.9 Å². The Morgan fingerprint density at radius 1 is 0.615 bits per heavy atom. The van der Waals surface area contributed by atoms with Crippen molar-refractivity contribution in [3.8, 4) is 0 Å². The summed E-state index contributed by atoms with van der Waals surface area (Å²) in [6.45, 7) is 4.30.